The minimum absolute atomic E-state index is 0.0178. The Morgan fingerprint density at radius 3 is 2.87 bits per heavy atom. The fraction of sp³-hybridized carbons (Fsp3) is 0.778. The van der Waals surface area contributed by atoms with E-state index in [4.69, 9.17) is 0 Å². The fourth-order valence-electron chi connectivity index (χ4n) is 1.29. The molecule has 0 radical (unpaired) electrons. The van der Waals surface area contributed by atoms with E-state index in [0.717, 1.165) is 13.1 Å². The van der Waals surface area contributed by atoms with Gasteiger partial charge in [-0.1, -0.05) is 0 Å². The highest BCUT2D eigenvalue weighted by atomic mass is 16.2. The Labute approximate surface area is 89.6 Å². The van der Waals surface area contributed by atoms with Crippen LogP contribution in [0.3, 0.4) is 0 Å². The van der Waals surface area contributed by atoms with E-state index >= 15 is 0 Å². The minimum Gasteiger partial charge on any atom is -0.348 e. The molecule has 1 rings (SSSR count). The molecule has 6 heteroatoms. The molecule has 0 spiro atoms. The van der Waals surface area contributed by atoms with Crippen molar-refractivity contribution < 1.29 is 9.59 Å². The largest absolute Gasteiger partial charge is 0.348 e. The highest BCUT2D eigenvalue weighted by molar-refractivity contribution is 5.77. The maximum atomic E-state index is 11.2. The van der Waals surface area contributed by atoms with Gasteiger partial charge in [-0.3, -0.25) is 4.79 Å². The number of carbonyl (C=O) groups excluding carboxylic acids is 2. The average Bonchev–Trinajstić information content (AvgIpc) is 2.58. The van der Waals surface area contributed by atoms with Gasteiger partial charge in [0, 0.05) is 40.3 Å². The molecule has 15 heavy (non-hydrogen) atoms. The van der Waals surface area contributed by atoms with Crippen molar-refractivity contribution in [1.29, 1.82) is 0 Å². The van der Waals surface area contributed by atoms with E-state index in [1.807, 2.05) is 0 Å². The van der Waals surface area contributed by atoms with E-state index in [0.29, 0.717) is 19.6 Å². The summed E-state index contributed by atoms with van der Waals surface area (Å²) in [5.41, 5.74) is 0. The summed E-state index contributed by atoms with van der Waals surface area (Å²) in [4.78, 5) is 25.6. The number of hydrogen-bond donors (Lipinski definition) is 2. The molecular weight excluding hydrogens is 196 g/mol. The van der Waals surface area contributed by atoms with Crippen LogP contribution in [0.2, 0.25) is 0 Å². The molecule has 1 fully saturated rings. The molecule has 6 nitrogen and oxygen atoms in total. The van der Waals surface area contributed by atoms with Crippen LogP contribution in [-0.2, 0) is 4.79 Å². The monoisotopic (exact) mass is 214 g/mol. The number of rotatable bonds is 5. The van der Waals surface area contributed by atoms with Crippen LogP contribution < -0.4 is 10.6 Å². The van der Waals surface area contributed by atoms with E-state index < -0.39 is 0 Å². The molecule has 0 aromatic heterocycles. The van der Waals surface area contributed by atoms with Gasteiger partial charge in [-0.25, -0.2) is 4.79 Å². The molecule has 1 aliphatic heterocycles. The SMILES string of the molecule is CN(C)C(=O)CNCCN1CCNC1=O. The summed E-state index contributed by atoms with van der Waals surface area (Å²) in [5, 5.41) is 5.72. The molecule has 86 valence electrons. The van der Waals surface area contributed by atoms with E-state index in [1.165, 1.54) is 4.90 Å². The predicted molar refractivity (Wildman–Crippen MR) is 56.5 cm³/mol. The minimum atomic E-state index is -0.0178. The average molecular weight is 214 g/mol. The highest BCUT2D eigenvalue weighted by Gasteiger charge is 2.18. The lowest BCUT2D eigenvalue weighted by atomic mass is 10.5. The lowest BCUT2D eigenvalue weighted by Gasteiger charge is -2.15. The Hall–Kier alpha value is -1.30. The van der Waals surface area contributed by atoms with Crippen LogP contribution in [0.25, 0.3) is 0 Å². The Balaban J connectivity index is 2.06. The van der Waals surface area contributed by atoms with Crippen molar-refractivity contribution in [2.45, 2.75) is 0 Å². The molecular formula is C9H18N4O2. The Morgan fingerprint density at radius 2 is 2.33 bits per heavy atom. The van der Waals surface area contributed by atoms with Crippen LogP contribution in [0, 0.1) is 0 Å². The second kappa shape index (κ2) is 5.55. The van der Waals surface area contributed by atoms with Crippen LogP contribution in [0.5, 0.6) is 0 Å². The van der Waals surface area contributed by atoms with E-state index in [2.05, 4.69) is 10.6 Å². The van der Waals surface area contributed by atoms with Gasteiger partial charge in [-0.2, -0.15) is 0 Å². The second-order valence-electron chi connectivity index (χ2n) is 3.68. The molecule has 1 aliphatic rings. The maximum absolute atomic E-state index is 11.2. The fourth-order valence-corrected chi connectivity index (χ4v) is 1.29. The topological polar surface area (TPSA) is 64.7 Å². The van der Waals surface area contributed by atoms with Gasteiger partial charge in [-0.15, -0.1) is 0 Å². The van der Waals surface area contributed by atoms with Crippen LogP contribution in [0.4, 0.5) is 4.79 Å². The third kappa shape index (κ3) is 3.75. The molecule has 0 aromatic carbocycles. The summed E-state index contributed by atoms with van der Waals surface area (Å²) in [6.07, 6.45) is 0. The summed E-state index contributed by atoms with van der Waals surface area (Å²) in [6.45, 7) is 3.08. The lowest BCUT2D eigenvalue weighted by molar-refractivity contribution is -0.127. The first-order valence-electron chi connectivity index (χ1n) is 5.05. The first-order chi connectivity index (χ1) is 7.11. The maximum Gasteiger partial charge on any atom is 0.317 e. The predicted octanol–water partition coefficient (Wildman–Crippen LogP) is -1.31. The number of nitrogens with one attached hydrogen (secondary N) is 2. The van der Waals surface area contributed by atoms with Crippen molar-refractivity contribution in [2.75, 3.05) is 46.8 Å². The van der Waals surface area contributed by atoms with Crippen LogP contribution >= 0.6 is 0 Å². The normalized spacial score (nSPS) is 15.3. The molecule has 2 N–H and O–H groups in total. The molecule has 1 heterocycles. The molecule has 0 aromatic rings. The van der Waals surface area contributed by atoms with Gasteiger partial charge in [0.2, 0.25) is 5.91 Å². The van der Waals surface area contributed by atoms with Crippen molar-refractivity contribution >= 4 is 11.9 Å². The number of amides is 3. The zero-order valence-corrected chi connectivity index (χ0v) is 9.25. The highest BCUT2D eigenvalue weighted by Crippen LogP contribution is 1.94. The number of carbonyl (C=O) groups is 2. The molecule has 3 amide bonds. The summed E-state index contributed by atoms with van der Waals surface area (Å²) in [7, 11) is 3.44. The van der Waals surface area contributed by atoms with Gasteiger partial charge in [0.05, 0.1) is 6.54 Å². The lowest BCUT2D eigenvalue weighted by Crippen LogP contribution is -2.38. The van der Waals surface area contributed by atoms with Crippen molar-refractivity contribution in [3.8, 4) is 0 Å². The van der Waals surface area contributed by atoms with E-state index in [9.17, 15) is 9.59 Å². The third-order valence-electron chi connectivity index (χ3n) is 2.28. The molecule has 0 atom stereocenters. The quantitative estimate of drug-likeness (QED) is 0.558. The van der Waals surface area contributed by atoms with Crippen molar-refractivity contribution in [3.05, 3.63) is 0 Å². The van der Waals surface area contributed by atoms with E-state index in [-0.39, 0.29) is 11.9 Å². The van der Waals surface area contributed by atoms with Crippen LogP contribution in [0.15, 0.2) is 0 Å². The van der Waals surface area contributed by atoms with Gasteiger partial charge < -0.3 is 20.4 Å². The molecule has 0 aliphatic carbocycles. The van der Waals surface area contributed by atoms with Crippen molar-refractivity contribution in [3.63, 3.8) is 0 Å². The summed E-state index contributed by atoms with van der Waals surface area (Å²) in [6, 6.07) is -0.0178. The first-order valence-corrected chi connectivity index (χ1v) is 5.05. The van der Waals surface area contributed by atoms with Crippen molar-refractivity contribution in [1.82, 2.24) is 20.4 Å². The molecule has 0 bridgehead atoms. The number of urea groups is 1. The van der Waals surface area contributed by atoms with E-state index in [1.54, 1.807) is 19.0 Å². The van der Waals surface area contributed by atoms with Crippen LogP contribution in [0.1, 0.15) is 0 Å². The van der Waals surface area contributed by atoms with Gasteiger partial charge in [0.15, 0.2) is 0 Å². The number of hydrogen-bond acceptors (Lipinski definition) is 3. The number of likely N-dealkylation sites (N-methyl/N-ethyl adjacent to an activating group) is 1. The van der Waals surface area contributed by atoms with Gasteiger partial charge in [0.1, 0.15) is 0 Å². The van der Waals surface area contributed by atoms with Gasteiger partial charge >= 0.3 is 6.03 Å². The van der Waals surface area contributed by atoms with Gasteiger partial charge in [-0.05, 0) is 0 Å². The second-order valence-corrected chi connectivity index (χ2v) is 3.68. The Bertz CT molecular complexity index is 242. The van der Waals surface area contributed by atoms with Crippen molar-refractivity contribution in [2.24, 2.45) is 0 Å². The zero-order valence-electron chi connectivity index (χ0n) is 9.25. The molecule has 0 saturated carbocycles. The zero-order chi connectivity index (χ0) is 11.3. The number of nitrogens with zero attached hydrogens (tertiary/aromatic N) is 2. The van der Waals surface area contributed by atoms with Gasteiger partial charge in [0.25, 0.3) is 0 Å². The Morgan fingerprint density at radius 1 is 1.60 bits per heavy atom. The summed E-state index contributed by atoms with van der Waals surface area (Å²) < 4.78 is 0. The summed E-state index contributed by atoms with van der Waals surface area (Å²) in [5.74, 6) is 0.0425. The summed E-state index contributed by atoms with van der Waals surface area (Å²) >= 11 is 0. The molecule has 0 unspecified atom stereocenters. The van der Waals surface area contributed by atoms with Crippen LogP contribution in [-0.4, -0.2) is 68.6 Å². The standard InChI is InChI=1S/C9H18N4O2/c1-12(2)8(14)7-10-3-5-13-6-4-11-9(13)15/h10H,3-7H2,1-2H3,(H,11,15). The third-order valence-corrected chi connectivity index (χ3v) is 2.28. The first kappa shape index (κ1) is 11.8. The molecule has 1 saturated heterocycles. The smallest absolute Gasteiger partial charge is 0.317 e. The Kier molecular flexibility index (Phi) is 4.36.